The Morgan fingerprint density at radius 3 is 2.42 bits per heavy atom. The van der Waals surface area contributed by atoms with Crippen molar-refractivity contribution in [3.63, 3.8) is 0 Å². The monoisotopic (exact) mass is 352 g/mol. The minimum absolute atomic E-state index is 0.162. The molecule has 0 amide bonds. The lowest BCUT2D eigenvalue weighted by Gasteiger charge is -2.07. The van der Waals surface area contributed by atoms with Gasteiger partial charge >= 0.3 is 0 Å². The number of aromatic nitrogens is 4. The molecular formula is C20H24N4O2. The third-order valence-electron chi connectivity index (χ3n) is 4.06. The van der Waals surface area contributed by atoms with Crippen LogP contribution in [-0.2, 0) is 4.79 Å². The lowest BCUT2D eigenvalue weighted by Crippen LogP contribution is -2.00. The second-order valence-electron chi connectivity index (χ2n) is 5.64. The van der Waals surface area contributed by atoms with Gasteiger partial charge in [0.25, 0.3) is 0 Å². The van der Waals surface area contributed by atoms with Gasteiger partial charge in [0.15, 0.2) is 5.78 Å². The highest BCUT2D eigenvalue weighted by Crippen LogP contribution is 2.41. The molecule has 26 heavy (non-hydrogen) atoms. The molecule has 0 atom stereocenters. The van der Waals surface area contributed by atoms with E-state index in [4.69, 9.17) is 9.78 Å². The summed E-state index contributed by atoms with van der Waals surface area (Å²) < 4.78 is 2.24. The lowest BCUT2D eigenvalue weighted by molar-refractivity contribution is -0.0980. The van der Waals surface area contributed by atoms with Gasteiger partial charge in [-0.2, -0.15) is 0 Å². The van der Waals surface area contributed by atoms with Crippen molar-refractivity contribution >= 4 is 23.6 Å². The predicted molar refractivity (Wildman–Crippen MR) is 102 cm³/mol. The Hall–Kier alpha value is -2.89. The number of ketones is 1. The molecule has 2 aromatic heterocycles. The van der Waals surface area contributed by atoms with Gasteiger partial charge in [0.05, 0.1) is 16.6 Å². The maximum absolute atomic E-state index is 12.0. The zero-order valence-corrected chi connectivity index (χ0v) is 15.5. The molecule has 136 valence electrons. The van der Waals surface area contributed by atoms with Crippen LogP contribution in [0.1, 0.15) is 56.4 Å². The van der Waals surface area contributed by atoms with Gasteiger partial charge in [-0.05, 0) is 31.0 Å². The SMILES string of the molecule is C=O.CC.CCC(=O)c1ccc2nc(-c3cncnc3)n(C3CC3)c2c1. The van der Waals surface area contributed by atoms with Crippen LogP contribution in [0.25, 0.3) is 22.4 Å². The molecule has 6 nitrogen and oxygen atoms in total. The fourth-order valence-corrected chi connectivity index (χ4v) is 2.79. The summed E-state index contributed by atoms with van der Waals surface area (Å²) in [5, 5.41) is 0. The van der Waals surface area contributed by atoms with Crippen LogP contribution in [0, 0.1) is 0 Å². The molecule has 6 heteroatoms. The van der Waals surface area contributed by atoms with Crippen LogP contribution in [0.5, 0.6) is 0 Å². The van der Waals surface area contributed by atoms with Crippen molar-refractivity contribution in [1.82, 2.24) is 19.5 Å². The maximum Gasteiger partial charge on any atom is 0.162 e. The van der Waals surface area contributed by atoms with Crippen molar-refractivity contribution in [3.05, 3.63) is 42.5 Å². The molecule has 0 spiro atoms. The highest BCUT2D eigenvalue weighted by atomic mass is 16.1. The third-order valence-corrected chi connectivity index (χ3v) is 4.06. The fourth-order valence-electron chi connectivity index (χ4n) is 2.79. The summed E-state index contributed by atoms with van der Waals surface area (Å²) in [5.74, 6) is 1.05. The molecule has 1 aromatic carbocycles. The summed E-state index contributed by atoms with van der Waals surface area (Å²) in [4.78, 5) is 32.9. The van der Waals surface area contributed by atoms with E-state index in [1.54, 1.807) is 12.4 Å². The number of hydrogen-bond donors (Lipinski definition) is 0. The lowest BCUT2D eigenvalue weighted by atomic mass is 10.1. The van der Waals surface area contributed by atoms with Gasteiger partial charge in [-0.25, -0.2) is 15.0 Å². The number of carbonyl (C=O) groups is 2. The predicted octanol–water partition coefficient (Wildman–Crippen LogP) is 4.26. The molecule has 0 bridgehead atoms. The Labute approximate surface area is 153 Å². The van der Waals surface area contributed by atoms with Gasteiger partial charge in [0.2, 0.25) is 0 Å². The molecular weight excluding hydrogens is 328 g/mol. The van der Waals surface area contributed by atoms with Crippen LogP contribution in [0.3, 0.4) is 0 Å². The molecule has 0 radical (unpaired) electrons. The molecule has 0 unspecified atom stereocenters. The standard InChI is InChI=1S/C17H16N4O.C2H6.CH2O/c1-2-16(22)11-3-6-14-15(7-11)21(13-4-5-13)17(20-14)12-8-18-10-19-9-12;2*1-2/h3,6-10,13H,2,4-5H2,1H3;1-2H3;1H2. The van der Waals surface area contributed by atoms with Crippen LogP contribution in [0.4, 0.5) is 0 Å². The summed E-state index contributed by atoms with van der Waals surface area (Å²) in [6.45, 7) is 7.89. The normalized spacial score (nSPS) is 12.6. The zero-order chi connectivity index (χ0) is 19.1. The average Bonchev–Trinajstić information content (AvgIpc) is 3.50. The third kappa shape index (κ3) is 3.85. The Morgan fingerprint density at radius 2 is 1.85 bits per heavy atom. The molecule has 0 N–H and O–H groups in total. The summed E-state index contributed by atoms with van der Waals surface area (Å²) in [6.07, 6.45) is 7.90. The second-order valence-corrected chi connectivity index (χ2v) is 5.64. The first-order valence-electron chi connectivity index (χ1n) is 8.87. The van der Waals surface area contributed by atoms with E-state index in [1.807, 2.05) is 45.8 Å². The van der Waals surface area contributed by atoms with Gasteiger partial charge in [0.1, 0.15) is 18.9 Å². The second kappa shape index (κ2) is 8.99. The molecule has 1 aliphatic rings. The number of carbonyl (C=O) groups excluding carboxylic acids is 2. The number of Topliss-reactive ketones (excluding diaryl/α,β-unsaturated/α-hetero) is 1. The van der Waals surface area contributed by atoms with Crippen molar-refractivity contribution in [2.45, 2.75) is 46.1 Å². The molecule has 0 aliphatic heterocycles. The largest absolute Gasteiger partial charge is 0.321 e. The number of benzene rings is 1. The summed E-state index contributed by atoms with van der Waals surface area (Å²) in [5.41, 5.74) is 3.61. The van der Waals surface area contributed by atoms with Crippen LogP contribution in [-0.4, -0.2) is 32.1 Å². The highest BCUT2D eigenvalue weighted by molar-refractivity contribution is 5.99. The first kappa shape index (κ1) is 19.4. The van der Waals surface area contributed by atoms with Gasteiger partial charge in [0, 0.05) is 30.4 Å². The number of fused-ring (bicyclic) bond motifs is 1. The van der Waals surface area contributed by atoms with E-state index in [9.17, 15) is 4.79 Å². The van der Waals surface area contributed by atoms with E-state index >= 15 is 0 Å². The minimum atomic E-state index is 0.162. The van der Waals surface area contributed by atoms with E-state index in [-0.39, 0.29) is 5.78 Å². The van der Waals surface area contributed by atoms with Crippen LogP contribution >= 0.6 is 0 Å². The van der Waals surface area contributed by atoms with Crippen molar-refractivity contribution in [2.24, 2.45) is 0 Å². The van der Waals surface area contributed by atoms with E-state index in [2.05, 4.69) is 14.5 Å². The molecule has 3 aromatic rings. The van der Waals surface area contributed by atoms with Crippen LogP contribution in [0.15, 0.2) is 36.9 Å². The number of nitrogens with zero attached hydrogens (tertiary/aromatic N) is 4. The molecule has 4 rings (SSSR count). The number of imidazole rings is 1. The summed E-state index contributed by atoms with van der Waals surface area (Å²) >= 11 is 0. The van der Waals surface area contributed by atoms with E-state index in [0.29, 0.717) is 12.5 Å². The smallest absolute Gasteiger partial charge is 0.162 e. The summed E-state index contributed by atoms with van der Waals surface area (Å²) in [7, 11) is 0. The number of rotatable bonds is 4. The van der Waals surface area contributed by atoms with Gasteiger partial charge < -0.3 is 9.36 Å². The van der Waals surface area contributed by atoms with Crippen LogP contribution in [0.2, 0.25) is 0 Å². The van der Waals surface area contributed by atoms with Crippen molar-refractivity contribution in [3.8, 4) is 11.4 Å². The first-order valence-corrected chi connectivity index (χ1v) is 8.87. The minimum Gasteiger partial charge on any atom is -0.321 e. The van der Waals surface area contributed by atoms with Crippen molar-refractivity contribution < 1.29 is 9.59 Å². The fraction of sp³-hybridized carbons (Fsp3) is 0.350. The van der Waals surface area contributed by atoms with E-state index < -0.39 is 0 Å². The Kier molecular flexibility index (Phi) is 6.72. The number of hydrogen-bond acceptors (Lipinski definition) is 5. The molecule has 1 saturated carbocycles. The van der Waals surface area contributed by atoms with Gasteiger partial charge in [-0.15, -0.1) is 0 Å². The summed E-state index contributed by atoms with van der Waals surface area (Å²) in [6, 6.07) is 6.24. The molecule has 1 aliphatic carbocycles. The Balaban J connectivity index is 0.000000570. The molecule has 0 saturated heterocycles. The van der Waals surface area contributed by atoms with Gasteiger partial charge in [-0.3, -0.25) is 4.79 Å². The van der Waals surface area contributed by atoms with E-state index in [1.165, 1.54) is 6.33 Å². The van der Waals surface area contributed by atoms with E-state index in [0.717, 1.165) is 40.8 Å². The molecule has 1 fully saturated rings. The van der Waals surface area contributed by atoms with Crippen LogP contribution < -0.4 is 0 Å². The van der Waals surface area contributed by atoms with Crippen molar-refractivity contribution in [2.75, 3.05) is 0 Å². The van der Waals surface area contributed by atoms with Gasteiger partial charge in [-0.1, -0.05) is 20.8 Å². The zero-order valence-electron chi connectivity index (χ0n) is 15.5. The average molecular weight is 352 g/mol. The van der Waals surface area contributed by atoms with Crippen molar-refractivity contribution in [1.29, 1.82) is 0 Å². The highest BCUT2D eigenvalue weighted by Gasteiger charge is 2.29. The topological polar surface area (TPSA) is 77.7 Å². The maximum atomic E-state index is 12.0. The molecule has 2 heterocycles. The first-order chi connectivity index (χ1) is 12.8. The Morgan fingerprint density at radius 1 is 1.19 bits per heavy atom. The quantitative estimate of drug-likeness (QED) is 0.656. The Bertz CT molecular complexity index is 870.